The maximum absolute atomic E-state index is 12.7. The molecule has 6 heteroatoms. The second kappa shape index (κ2) is 7.22. The lowest BCUT2D eigenvalue weighted by atomic mass is 9.69. The molecule has 5 nitrogen and oxygen atoms in total. The minimum Gasteiger partial charge on any atom is -0.349 e. The van der Waals surface area contributed by atoms with Gasteiger partial charge in [0.25, 0.3) is 5.91 Å². The van der Waals surface area contributed by atoms with Crippen LogP contribution in [0.5, 0.6) is 0 Å². The number of rotatable bonds is 3. The highest BCUT2D eigenvalue weighted by molar-refractivity contribution is 7.93. The molecule has 0 spiro atoms. The number of sulfonamides is 1. The fourth-order valence-corrected chi connectivity index (χ4v) is 5.87. The summed E-state index contributed by atoms with van der Waals surface area (Å²) in [5.41, 5.74) is 1.40. The van der Waals surface area contributed by atoms with E-state index in [4.69, 9.17) is 0 Å². The monoisotopic (exact) mass is 378 g/mol. The van der Waals surface area contributed by atoms with Gasteiger partial charge in [-0.15, -0.1) is 0 Å². The molecule has 2 aliphatic rings. The first-order chi connectivity index (χ1) is 12.2. The van der Waals surface area contributed by atoms with Gasteiger partial charge in [-0.25, -0.2) is 8.42 Å². The molecule has 26 heavy (non-hydrogen) atoms. The molecule has 1 aliphatic heterocycles. The van der Waals surface area contributed by atoms with Crippen LogP contribution in [-0.4, -0.2) is 32.7 Å². The number of hydrogen-bond donors (Lipinski definition) is 1. The minimum atomic E-state index is -3.19. The van der Waals surface area contributed by atoms with Crippen LogP contribution in [0.1, 0.15) is 63.2 Å². The van der Waals surface area contributed by atoms with Crippen LogP contribution < -0.4 is 9.62 Å². The Kier molecular flexibility index (Phi) is 5.33. The van der Waals surface area contributed by atoms with E-state index >= 15 is 0 Å². The van der Waals surface area contributed by atoms with E-state index in [9.17, 15) is 13.2 Å². The van der Waals surface area contributed by atoms with Gasteiger partial charge in [-0.05, 0) is 54.9 Å². The fraction of sp³-hybridized carbons (Fsp3) is 0.650. The summed E-state index contributed by atoms with van der Waals surface area (Å²) < 4.78 is 25.5. The summed E-state index contributed by atoms with van der Waals surface area (Å²) in [6.07, 6.45) is 5.22. The third-order valence-electron chi connectivity index (χ3n) is 5.71. The second-order valence-electron chi connectivity index (χ2n) is 8.63. The molecule has 3 rings (SSSR count). The zero-order valence-corrected chi connectivity index (χ0v) is 16.8. The number of hydrogen-bond acceptors (Lipinski definition) is 3. The molecular formula is C20H30N2O3S. The van der Waals surface area contributed by atoms with Gasteiger partial charge in [0.1, 0.15) is 0 Å². The van der Waals surface area contributed by atoms with E-state index in [1.165, 1.54) is 10.7 Å². The maximum Gasteiger partial charge on any atom is 0.251 e. The van der Waals surface area contributed by atoms with Gasteiger partial charge >= 0.3 is 0 Å². The Balaban J connectivity index is 1.70. The molecule has 1 aromatic rings. The van der Waals surface area contributed by atoms with Gasteiger partial charge in [0, 0.05) is 18.2 Å². The standard InChI is InChI=1S/C20H30N2O3S/c1-20(2,3)17-7-4-5-8-18(17)21-19(23)15-9-11-16(12-10-15)22-13-6-14-26(22,24)25/h9-12,17-18H,4-8,13-14H2,1-3H3,(H,21,23). The van der Waals surface area contributed by atoms with Crippen LogP contribution in [0, 0.1) is 11.3 Å². The van der Waals surface area contributed by atoms with E-state index in [2.05, 4.69) is 26.1 Å². The highest BCUT2D eigenvalue weighted by Crippen LogP contribution is 2.38. The van der Waals surface area contributed by atoms with Gasteiger partial charge in [-0.3, -0.25) is 9.10 Å². The first-order valence-electron chi connectivity index (χ1n) is 9.60. The lowest BCUT2D eigenvalue weighted by Gasteiger charge is -2.40. The van der Waals surface area contributed by atoms with E-state index in [1.54, 1.807) is 24.3 Å². The molecule has 2 fully saturated rings. The first-order valence-corrected chi connectivity index (χ1v) is 11.2. The van der Waals surface area contributed by atoms with E-state index in [1.807, 2.05) is 0 Å². The number of carbonyl (C=O) groups is 1. The largest absolute Gasteiger partial charge is 0.349 e. The van der Waals surface area contributed by atoms with Gasteiger partial charge in [-0.1, -0.05) is 33.6 Å². The smallest absolute Gasteiger partial charge is 0.251 e. The zero-order valence-electron chi connectivity index (χ0n) is 16.0. The van der Waals surface area contributed by atoms with Crippen molar-refractivity contribution >= 4 is 21.6 Å². The fourth-order valence-electron chi connectivity index (χ4n) is 4.30. The van der Waals surface area contributed by atoms with Crippen molar-refractivity contribution in [2.24, 2.45) is 11.3 Å². The van der Waals surface area contributed by atoms with E-state index in [0.29, 0.717) is 30.1 Å². The molecular weight excluding hydrogens is 348 g/mol. The summed E-state index contributed by atoms with van der Waals surface area (Å²) in [5, 5.41) is 3.23. The predicted molar refractivity (Wildman–Crippen MR) is 105 cm³/mol. The Hall–Kier alpha value is -1.56. The summed E-state index contributed by atoms with van der Waals surface area (Å²) in [7, 11) is -3.19. The molecule has 0 aromatic heterocycles. The van der Waals surface area contributed by atoms with Crippen molar-refractivity contribution in [3.8, 4) is 0 Å². The van der Waals surface area contributed by atoms with Crippen molar-refractivity contribution < 1.29 is 13.2 Å². The molecule has 1 heterocycles. The molecule has 1 amide bonds. The van der Waals surface area contributed by atoms with Gasteiger partial charge in [0.15, 0.2) is 0 Å². The summed E-state index contributed by atoms with van der Waals surface area (Å²) in [6.45, 7) is 7.25. The number of nitrogens with zero attached hydrogens (tertiary/aromatic N) is 1. The summed E-state index contributed by atoms with van der Waals surface area (Å²) in [5.74, 6) is 0.613. The van der Waals surface area contributed by atoms with Crippen molar-refractivity contribution in [1.82, 2.24) is 5.32 Å². The highest BCUT2D eigenvalue weighted by atomic mass is 32.2. The average Bonchev–Trinajstić information content (AvgIpc) is 2.94. The second-order valence-corrected chi connectivity index (χ2v) is 10.6. The number of benzene rings is 1. The highest BCUT2D eigenvalue weighted by Gasteiger charge is 2.35. The molecule has 1 aliphatic carbocycles. The van der Waals surface area contributed by atoms with Crippen LogP contribution in [0.3, 0.4) is 0 Å². The van der Waals surface area contributed by atoms with Crippen LogP contribution in [0.2, 0.25) is 0 Å². The minimum absolute atomic E-state index is 0.0676. The van der Waals surface area contributed by atoms with Gasteiger partial charge in [0.05, 0.1) is 11.4 Å². The average molecular weight is 379 g/mol. The quantitative estimate of drug-likeness (QED) is 0.874. The van der Waals surface area contributed by atoms with E-state index in [0.717, 1.165) is 19.3 Å². The summed E-state index contributed by atoms with van der Waals surface area (Å²) >= 11 is 0. The van der Waals surface area contributed by atoms with Gasteiger partial charge < -0.3 is 5.32 Å². The Morgan fingerprint density at radius 2 is 1.73 bits per heavy atom. The predicted octanol–water partition coefficient (Wildman–Crippen LogP) is 3.56. The van der Waals surface area contributed by atoms with Crippen LogP contribution in [-0.2, 0) is 10.0 Å². The number of amides is 1. The maximum atomic E-state index is 12.7. The SMILES string of the molecule is CC(C)(C)C1CCCCC1NC(=O)c1ccc(N2CCCS2(=O)=O)cc1. The normalized spacial score (nSPS) is 25.9. The first kappa shape index (κ1) is 19.2. The van der Waals surface area contributed by atoms with Gasteiger partial charge in [-0.2, -0.15) is 0 Å². The molecule has 2 unspecified atom stereocenters. The van der Waals surface area contributed by atoms with Gasteiger partial charge in [0.2, 0.25) is 10.0 Å². The van der Waals surface area contributed by atoms with Crippen molar-refractivity contribution in [3.63, 3.8) is 0 Å². The lowest BCUT2D eigenvalue weighted by molar-refractivity contribution is 0.0830. The molecule has 2 atom stereocenters. The molecule has 0 radical (unpaired) electrons. The van der Waals surface area contributed by atoms with Crippen molar-refractivity contribution in [2.45, 2.75) is 58.9 Å². The third kappa shape index (κ3) is 4.05. The van der Waals surface area contributed by atoms with Crippen LogP contribution in [0.4, 0.5) is 5.69 Å². The Morgan fingerprint density at radius 3 is 2.31 bits per heavy atom. The molecule has 1 saturated heterocycles. The molecule has 1 N–H and O–H groups in total. The number of carbonyl (C=O) groups excluding carboxylic acids is 1. The van der Waals surface area contributed by atoms with Crippen molar-refractivity contribution in [3.05, 3.63) is 29.8 Å². The molecule has 144 valence electrons. The Bertz CT molecular complexity index is 750. The van der Waals surface area contributed by atoms with Crippen molar-refractivity contribution in [2.75, 3.05) is 16.6 Å². The summed E-state index contributed by atoms with van der Waals surface area (Å²) in [4.78, 5) is 12.7. The van der Waals surface area contributed by atoms with E-state index in [-0.39, 0.29) is 23.1 Å². The van der Waals surface area contributed by atoms with Crippen molar-refractivity contribution in [1.29, 1.82) is 0 Å². The molecule has 1 saturated carbocycles. The Labute approximate surface area is 157 Å². The lowest BCUT2D eigenvalue weighted by Crippen LogP contribution is -2.46. The van der Waals surface area contributed by atoms with E-state index < -0.39 is 10.0 Å². The zero-order chi connectivity index (χ0) is 18.9. The third-order valence-corrected chi connectivity index (χ3v) is 7.58. The molecule has 0 bridgehead atoms. The van der Waals surface area contributed by atoms with Crippen LogP contribution >= 0.6 is 0 Å². The number of nitrogens with one attached hydrogen (secondary N) is 1. The summed E-state index contributed by atoms with van der Waals surface area (Å²) in [6, 6.07) is 7.13. The molecule has 1 aromatic carbocycles. The number of anilines is 1. The Morgan fingerprint density at radius 1 is 1.08 bits per heavy atom. The van der Waals surface area contributed by atoms with Crippen LogP contribution in [0.15, 0.2) is 24.3 Å². The topological polar surface area (TPSA) is 66.5 Å². The van der Waals surface area contributed by atoms with Crippen LogP contribution in [0.25, 0.3) is 0 Å².